The van der Waals surface area contributed by atoms with Crippen LogP contribution in [-0.4, -0.2) is 41.0 Å². The lowest BCUT2D eigenvalue weighted by molar-refractivity contribution is -0.145. The molecule has 2 rings (SSSR count). The van der Waals surface area contributed by atoms with Crippen molar-refractivity contribution in [1.82, 2.24) is 4.90 Å². The van der Waals surface area contributed by atoms with Crippen molar-refractivity contribution < 1.29 is 14.7 Å². The average molecular weight is 293 g/mol. The standard InChI is InChI=1S/C13H15N3O3S/c14-7-9-4-6-20-12(9)15-11(17)8-16-5-2-1-3-10(16)13(18)19/h4,6,10H,1-3,5,8H2,(H,15,17)(H,18,19). The minimum atomic E-state index is -0.883. The van der Waals surface area contributed by atoms with Crippen LogP contribution in [0.3, 0.4) is 0 Å². The van der Waals surface area contributed by atoms with Gasteiger partial charge in [0, 0.05) is 0 Å². The van der Waals surface area contributed by atoms with Crippen LogP contribution in [0.5, 0.6) is 0 Å². The van der Waals surface area contributed by atoms with Gasteiger partial charge >= 0.3 is 5.97 Å². The molecule has 1 aliphatic heterocycles. The number of nitrogens with zero attached hydrogens (tertiary/aromatic N) is 2. The molecule has 1 aromatic rings. The van der Waals surface area contributed by atoms with Crippen LogP contribution in [-0.2, 0) is 9.59 Å². The van der Waals surface area contributed by atoms with E-state index >= 15 is 0 Å². The highest BCUT2D eigenvalue weighted by atomic mass is 32.1. The molecular formula is C13H15N3O3S. The van der Waals surface area contributed by atoms with Crippen LogP contribution in [0.15, 0.2) is 11.4 Å². The van der Waals surface area contributed by atoms with Gasteiger partial charge in [0.2, 0.25) is 5.91 Å². The molecule has 0 spiro atoms. The zero-order valence-corrected chi connectivity index (χ0v) is 11.7. The Labute approximate surface area is 120 Å². The zero-order valence-electron chi connectivity index (χ0n) is 10.8. The molecule has 1 unspecified atom stereocenters. The van der Waals surface area contributed by atoms with Gasteiger partial charge in [-0.25, -0.2) is 0 Å². The normalized spacial score (nSPS) is 19.2. The lowest BCUT2D eigenvalue weighted by atomic mass is 10.0. The smallest absolute Gasteiger partial charge is 0.320 e. The number of carboxylic acids is 1. The maximum Gasteiger partial charge on any atom is 0.320 e. The quantitative estimate of drug-likeness (QED) is 0.877. The Morgan fingerprint density at radius 1 is 1.55 bits per heavy atom. The Bertz CT molecular complexity index is 549. The topological polar surface area (TPSA) is 93.4 Å². The molecule has 1 aliphatic rings. The molecule has 1 amide bonds. The number of amides is 1. The van der Waals surface area contributed by atoms with Crippen LogP contribution < -0.4 is 5.32 Å². The van der Waals surface area contributed by atoms with Crippen molar-refractivity contribution in [2.45, 2.75) is 25.3 Å². The molecule has 0 aliphatic carbocycles. The molecule has 106 valence electrons. The van der Waals surface area contributed by atoms with Crippen LogP contribution >= 0.6 is 11.3 Å². The molecule has 2 N–H and O–H groups in total. The van der Waals surface area contributed by atoms with Crippen molar-refractivity contribution in [2.24, 2.45) is 0 Å². The fraction of sp³-hybridized carbons (Fsp3) is 0.462. The summed E-state index contributed by atoms with van der Waals surface area (Å²) in [5.41, 5.74) is 0.428. The van der Waals surface area contributed by atoms with E-state index in [0.29, 0.717) is 23.5 Å². The molecule has 20 heavy (non-hydrogen) atoms. The molecule has 1 fully saturated rings. The fourth-order valence-electron chi connectivity index (χ4n) is 2.30. The molecule has 0 bridgehead atoms. The highest BCUT2D eigenvalue weighted by Crippen LogP contribution is 2.22. The second-order valence-corrected chi connectivity index (χ2v) is 5.56. The first-order chi connectivity index (χ1) is 9.61. The maximum absolute atomic E-state index is 12.0. The largest absolute Gasteiger partial charge is 0.480 e. The summed E-state index contributed by atoms with van der Waals surface area (Å²) in [4.78, 5) is 24.8. The second kappa shape index (κ2) is 6.50. The first kappa shape index (κ1) is 14.5. The highest BCUT2D eigenvalue weighted by molar-refractivity contribution is 7.14. The summed E-state index contributed by atoms with van der Waals surface area (Å²) < 4.78 is 0. The molecule has 0 radical (unpaired) electrons. The third-order valence-electron chi connectivity index (χ3n) is 3.28. The van der Waals surface area contributed by atoms with E-state index in [9.17, 15) is 9.59 Å². The number of thiophene rings is 1. The second-order valence-electron chi connectivity index (χ2n) is 4.64. The maximum atomic E-state index is 12.0. The van der Waals surface area contributed by atoms with E-state index in [0.717, 1.165) is 12.8 Å². The van der Waals surface area contributed by atoms with Crippen LogP contribution in [0.2, 0.25) is 0 Å². The van der Waals surface area contributed by atoms with E-state index < -0.39 is 12.0 Å². The van der Waals surface area contributed by atoms with Crippen LogP contribution in [0, 0.1) is 11.3 Å². The van der Waals surface area contributed by atoms with Gasteiger partial charge in [-0.3, -0.25) is 14.5 Å². The van der Waals surface area contributed by atoms with Crippen molar-refractivity contribution in [3.63, 3.8) is 0 Å². The molecule has 6 nitrogen and oxygen atoms in total. The molecule has 1 atom stereocenters. The number of carboxylic acid groups (broad SMARTS) is 1. The monoisotopic (exact) mass is 293 g/mol. The van der Waals surface area contributed by atoms with Crippen molar-refractivity contribution in [3.8, 4) is 6.07 Å². The van der Waals surface area contributed by atoms with Crippen LogP contribution in [0.1, 0.15) is 24.8 Å². The summed E-state index contributed by atoms with van der Waals surface area (Å²) in [5, 5.41) is 22.9. The predicted molar refractivity (Wildman–Crippen MR) is 74.5 cm³/mol. The van der Waals surface area contributed by atoms with Gasteiger partial charge in [-0.05, 0) is 30.8 Å². The first-order valence-electron chi connectivity index (χ1n) is 6.36. The van der Waals surface area contributed by atoms with Gasteiger partial charge in [-0.1, -0.05) is 6.42 Å². The number of aliphatic carboxylic acids is 1. The highest BCUT2D eigenvalue weighted by Gasteiger charge is 2.29. The summed E-state index contributed by atoms with van der Waals surface area (Å²) in [6.07, 6.45) is 2.35. The van der Waals surface area contributed by atoms with E-state index in [1.165, 1.54) is 11.3 Å². The Balaban J connectivity index is 1.97. The summed E-state index contributed by atoms with van der Waals surface area (Å²) in [6.45, 7) is 0.652. The van der Waals surface area contributed by atoms with Crippen molar-refractivity contribution in [2.75, 3.05) is 18.4 Å². The zero-order chi connectivity index (χ0) is 14.5. The number of carbonyl (C=O) groups is 2. The number of rotatable bonds is 4. The van der Waals surface area contributed by atoms with Crippen molar-refractivity contribution in [3.05, 3.63) is 17.0 Å². The molecule has 0 saturated carbocycles. The third kappa shape index (κ3) is 3.35. The predicted octanol–water partition coefficient (Wildman–Crippen LogP) is 1.50. The fourth-order valence-corrected chi connectivity index (χ4v) is 3.06. The van der Waals surface area contributed by atoms with Gasteiger partial charge in [0.1, 0.15) is 17.1 Å². The van der Waals surface area contributed by atoms with Gasteiger partial charge in [0.25, 0.3) is 0 Å². The Morgan fingerprint density at radius 3 is 3.05 bits per heavy atom. The number of hydrogen-bond donors (Lipinski definition) is 2. The first-order valence-corrected chi connectivity index (χ1v) is 7.24. The molecule has 1 saturated heterocycles. The van der Waals surface area contributed by atoms with Gasteiger partial charge in [0.05, 0.1) is 12.1 Å². The summed E-state index contributed by atoms with van der Waals surface area (Å²) >= 11 is 1.28. The molecule has 0 aromatic carbocycles. The Morgan fingerprint density at radius 2 is 2.35 bits per heavy atom. The lowest BCUT2D eigenvalue weighted by Crippen LogP contribution is -2.47. The third-order valence-corrected chi connectivity index (χ3v) is 4.11. The van der Waals surface area contributed by atoms with Crippen LogP contribution in [0.4, 0.5) is 5.00 Å². The van der Waals surface area contributed by atoms with Crippen molar-refractivity contribution in [1.29, 1.82) is 5.26 Å². The van der Waals surface area contributed by atoms with Crippen LogP contribution in [0.25, 0.3) is 0 Å². The average Bonchev–Trinajstić information content (AvgIpc) is 2.86. The van der Waals surface area contributed by atoms with E-state index in [1.807, 2.05) is 6.07 Å². The van der Waals surface area contributed by atoms with E-state index in [2.05, 4.69) is 5.32 Å². The van der Waals surface area contributed by atoms with Gasteiger partial charge in [-0.15, -0.1) is 11.3 Å². The summed E-state index contributed by atoms with van der Waals surface area (Å²) in [6, 6.07) is 3.05. The molecule has 7 heteroatoms. The van der Waals surface area contributed by atoms with Gasteiger partial charge in [-0.2, -0.15) is 5.26 Å². The minimum absolute atomic E-state index is 0.0414. The minimum Gasteiger partial charge on any atom is -0.480 e. The number of hydrogen-bond acceptors (Lipinski definition) is 5. The summed E-state index contributed by atoms with van der Waals surface area (Å²) in [5.74, 6) is -1.16. The number of likely N-dealkylation sites (tertiary alicyclic amines) is 1. The van der Waals surface area contributed by atoms with Gasteiger partial charge in [0.15, 0.2) is 0 Å². The summed E-state index contributed by atoms with van der Waals surface area (Å²) in [7, 11) is 0. The number of piperidine rings is 1. The van der Waals surface area contributed by atoms with Crippen molar-refractivity contribution >= 4 is 28.2 Å². The van der Waals surface area contributed by atoms with Gasteiger partial charge < -0.3 is 10.4 Å². The van der Waals surface area contributed by atoms with E-state index in [-0.39, 0.29) is 12.5 Å². The number of nitriles is 1. The Kier molecular flexibility index (Phi) is 4.71. The number of carbonyl (C=O) groups excluding carboxylic acids is 1. The van der Waals surface area contributed by atoms with E-state index in [4.69, 9.17) is 10.4 Å². The molecule has 1 aromatic heterocycles. The number of anilines is 1. The Hall–Kier alpha value is -1.91. The molecular weight excluding hydrogens is 278 g/mol. The lowest BCUT2D eigenvalue weighted by Gasteiger charge is -2.32. The number of nitrogens with one attached hydrogen (secondary N) is 1. The SMILES string of the molecule is N#Cc1ccsc1NC(=O)CN1CCCCC1C(=O)O. The van der Waals surface area contributed by atoms with E-state index in [1.54, 1.807) is 16.3 Å². The molecule has 2 heterocycles.